The van der Waals surface area contributed by atoms with Crippen molar-refractivity contribution in [2.24, 2.45) is 0 Å². The van der Waals surface area contributed by atoms with Gasteiger partial charge in [-0.25, -0.2) is 0 Å². The van der Waals surface area contributed by atoms with Crippen molar-refractivity contribution in [2.45, 2.75) is 6.04 Å². The number of ketones is 1. The zero-order valence-corrected chi connectivity index (χ0v) is 19.4. The van der Waals surface area contributed by atoms with Gasteiger partial charge in [-0.3, -0.25) is 19.5 Å². The third kappa shape index (κ3) is 3.94. The number of rotatable bonds is 6. The number of ether oxygens (including phenoxy) is 2. The second-order valence-electron chi connectivity index (χ2n) is 7.90. The number of pyridine rings is 1. The fraction of sp³-hybridized carbons (Fsp3) is 0.192. The Morgan fingerprint density at radius 2 is 1.68 bits per heavy atom. The van der Waals surface area contributed by atoms with Crippen LogP contribution < -0.4 is 19.3 Å². The molecule has 4 rings (SSSR count). The van der Waals surface area contributed by atoms with Crippen LogP contribution in [0.15, 0.2) is 72.4 Å². The normalized spacial score (nSPS) is 17.1. The van der Waals surface area contributed by atoms with E-state index in [1.807, 2.05) is 31.1 Å². The first-order valence-corrected chi connectivity index (χ1v) is 10.6. The zero-order valence-electron chi connectivity index (χ0n) is 19.4. The van der Waals surface area contributed by atoms with Crippen molar-refractivity contribution in [1.29, 1.82) is 0 Å². The Balaban J connectivity index is 1.89. The number of amides is 1. The first-order valence-electron chi connectivity index (χ1n) is 10.6. The van der Waals surface area contributed by atoms with Gasteiger partial charge in [-0.05, 0) is 54.6 Å². The van der Waals surface area contributed by atoms with E-state index >= 15 is 0 Å². The van der Waals surface area contributed by atoms with E-state index in [0.29, 0.717) is 28.4 Å². The van der Waals surface area contributed by atoms with Gasteiger partial charge in [-0.15, -0.1) is 0 Å². The molecule has 1 amide bonds. The maximum atomic E-state index is 13.2. The monoisotopic (exact) mass is 459 g/mol. The van der Waals surface area contributed by atoms with Crippen LogP contribution in [-0.2, 0) is 9.59 Å². The summed E-state index contributed by atoms with van der Waals surface area (Å²) in [5.41, 5.74) is 2.20. The van der Waals surface area contributed by atoms with Crippen LogP contribution in [0.2, 0.25) is 0 Å². The molecule has 1 aliphatic heterocycles. The van der Waals surface area contributed by atoms with Gasteiger partial charge in [0.1, 0.15) is 11.8 Å². The molecule has 34 heavy (non-hydrogen) atoms. The molecule has 2 aromatic carbocycles. The van der Waals surface area contributed by atoms with Gasteiger partial charge < -0.3 is 19.5 Å². The summed E-state index contributed by atoms with van der Waals surface area (Å²) in [6, 6.07) is 16.4. The summed E-state index contributed by atoms with van der Waals surface area (Å²) < 4.78 is 10.6. The van der Waals surface area contributed by atoms with Crippen molar-refractivity contribution in [3.8, 4) is 11.5 Å². The number of benzene rings is 2. The van der Waals surface area contributed by atoms with Crippen molar-refractivity contribution < 1.29 is 24.2 Å². The van der Waals surface area contributed by atoms with Crippen molar-refractivity contribution in [1.82, 2.24) is 4.98 Å². The molecule has 1 saturated heterocycles. The quantitative estimate of drug-likeness (QED) is 0.341. The van der Waals surface area contributed by atoms with Crippen molar-refractivity contribution in [3.05, 3.63) is 83.7 Å². The minimum Gasteiger partial charge on any atom is -0.507 e. The fourth-order valence-electron chi connectivity index (χ4n) is 3.97. The molecule has 8 heteroatoms. The number of anilines is 2. The Bertz CT molecular complexity index is 1250. The molecule has 1 N–H and O–H groups in total. The molecule has 1 aromatic heterocycles. The first kappa shape index (κ1) is 22.8. The summed E-state index contributed by atoms with van der Waals surface area (Å²) in [7, 11) is 6.81. The van der Waals surface area contributed by atoms with Crippen LogP contribution in [0.4, 0.5) is 11.4 Å². The van der Waals surface area contributed by atoms with E-state index in [1.54, 1.807) is 54.7 Å². The molecule has 0 radical (unpaired) electrons. The molecule has 0 bridgehead atoms. The lowest BCUT2D eigenvalue weighted by Gasteiger charge is -2.25. The first-order chi connectivity index (χ1) is 16.4. The average Bonchev–Trinajstić information content (AvgIpc) is 3.13. The second kappa shape index (κ2) is 9.27. The number of aliphatic hydroxyl groups is 1. The number of Topliss-reactive ketones (excluding diaryl/α,β-unsaturated/α-hetero) is 1. The van der Waals surface area contributed by atoms with Gasteiger partial charge >= 0.3 is 0 Å². The smallest absolute Gasteiger partial charge is 0.300 e. The van der Waals surface area contributed by atoms with E-state index in [2.05, 4.69) is 4.98 Å². The number of nitrogens with zero attached hydrogens (tertiary/aromatic N) is 3. The van der Waals surface area contributed by atoms with Gasteiger partial charge in [0.15, 0.2) is 11.5 Å². The molecule has 3 aromatic rings. The number of hydrogen-bond donors (Lipinski definition) is 1. The number of methoxy groups -OCH3 is 2. The molecular weight excluding hydrogens is 434 g/mol. The molecule has 0 aliphatic carbocycles. The Kier molecular flexibility index (Phi) is 6.23. The minimum absolute atomic E-state index is 0.0485. The van der Waals surface area contributed by atoms with E-state index in [1.165, 1.54) is 19.1 Å². The van der Waals surface area contributed by atoms with Crippen LogP contribution in [0.1, 0.15) is 17.3 Å². The molecule has 0 spiro atoms. The van der Waals surface area contributed by atoms with Gasteiger partial charge in [-0.2, -0.15) is 0 Å². The lowest BCUT2D eigenvalue weighted by Crippen LogP contribution is -2.29. The lowest BCUT2D eigenvalue weighted by molar-refractivity contribution is -0.132. The van der Waals surface area contributed by atoms with Gasteiger partial charge in [0.05, 0.1) is 25.5 Å². The minimum atomic E-state index is -0.903. The second-order valence-corrected chi connectivity index (χ2v) is 7.90. The third-order valence-corrected chi connectivity index (χ3v) is 5.71. The number of hydrogen-bond acceptors (Lipinski definition) is 7. The summed E-state index contributed by atoms with van der Waals surface area (Å²) in [6.45, 7) is 0. The maximum Gasteiger partial charge on any atom is 0.300 e. The average molecular weight is 460 g/mol. The number of aliphatic hydroxyl groups excluding tert-OH is 1. The molecule has 1 atom stereocenters. The van der Waals surface area contributed by atoms with Crippen LogP contribution in [0.3, 0.4) is 0 Å². The lowest BCUT2D eigenvalue weighted by atomic mass is 9.98. The number of carbonyl (C=O) groups excluding carboxylic acids is 2. The number of aromatic nitrogens is 1. The van der Waals surface area contributed by atoms with E-state index in [9.17, 15) is 14.7 Å². The van der Waals surface area contributed by atoms with Gasteiger partial charge in [0, 0.05) is 37.2 Å². The van der Waals surface area contributed by atoms with Crippen molar-refractivity contribution >= 4 is 28.8 Å². The zero-order chi connectivity index (χ0) is 24.4. The SMILES string of the molecule is COc1ccc(/C(O)=C2/C(=O)C(=O)N(c3ccc(N(C)C)cc3)C2c2ccccn2)cc1OC. The highest BCUT2D eigenvalue weighted by molar-refractivity contribution is 6.51. The Morgan fingerprint density at radius 3 is 2.26 bits per heavy atom. The standard InChI is InChI=1S/C26H25N3O5/c1-28(2)17-9-11-18(12-10-17)29-23(19-7-5-6-14-27-19)22(25(31)26(29)32)24(30)16-8-13-20(33-3)21(15-16)34-4/h5-15,23,30H,1-4H3/b24-22-. The van der Waals surface area contributed by atoms with Gasteiger partial charge in [0.2, 0.25) is 0 Å². The topological polar surface area (TPSA) is 92.2 Å². The summed E-state index contributed by atoms with van der Waals surface area (Å²) in [6.07, 6.45) is 1.58. The van der Waals surface area contributed by atoms with E-state index in [-0.39, 0.29) is 11.3 Å². The largest absolute Gasteiger partial charge is 0.507 e. The maximum absolute atomic E-state index is 13.2. The van der Waals surface area contributed by atoms with Crippen LogP contribution in [0, 0.1) is 0 Å². The van der Waals surface area contributed by atoms with E-state index in [4.69, 9.17) is 9.47 Å². The summed E-state index contributed by atoms with van der Waals surface area (Å²) in [5, 5.41) is 11.3. The fourth-order valence-corrected chi connectivity index (χ4v) is 3.97. The van der Waals surface area contributed by atoms with Crippen molar-refractivity contribution in [2.75, 3.05) is 38.1 Å². The Hall–Kier alpha value is -4.33. The van der Waals surface area contributed by atoms with Gasteiger partial charge in [-0.1, -0.05) is 6.07 Å². The Morgan fingerprint density at radius 1 is 0.971 bits per heavy atom. The summed E-state index contributed by atoms with van der Waals surface area (Å²) >= 11 is 0. The van der Waals surface area contributed by atoms with Crippen LogP contribution in [0.5, 0.6) is 11.5 Å². The number of carbonyl (C=O) groups is 2. The summed E-state index contributed by atoms with van der Waals surface area (Å²) in [4.78, 5) is 34.2. The highest BCUT2D eigenvalue weighted by atomic mass is 16.5. The van der Waals surface area contributed by atoms with E-state index in [0.717, 1.165) is 5.69 Å². The molecule has 174 valence electrons. The van der Waals surface area contributed by atoms with Crippen molar-refractivity contribution in [3.63, 3.8) is 0 Å². The summed E-state index contributed by atoms with van der Waals surface area (Å²) in [5.74, 6) is -0.992. The highest BCUT2D eigenvalue weighted by Crippen LogP contribution is 2.42. The van der Waals surface area contributed by atoms with E-state index < -0.39 is 17.7 Å². The predicted molar refractivity (Wildman–Crippen MR) is 129 cm³/mol. The van der Waals surface area contributed by atoms with Gasteiger partial charge in [0.25, 0.3) is 11.7 Å². The van der Waals surface area contributed by atoms with Crippen LogP contribution in [0.25, 0.3) is 5.76 Å². The predicted octanol–water partition coefficient (Wildman–Crippen LogP) is 3.79. The highest BCUT2D eigenvalue weighted by Gasteiger charge is 2.47. The van der Waals surface area contributed by atoms with Crippen LogP contribution in [-0.4, -0.2) is 50.1 Å². The molecule has 1 aliphatic rings. The third-order valence-electron chi connectivity index (χ3n) is 5.71. The molecular formula is C26H25N3O5. The molecule has 0 saturated carbocycles. The van der Waals surface area contributed by atoms with Crippen LogP contribution >= 0.6 is 0 Å². The molecule has 1 fully saturated rings. The molecule has 2 heterocycles. The Labute approximate surface area is 197 Å². The molecule has 1 unspecified atom stereocenters. The molecule has 8 nitrogen and oxygen atoms in total.